The summed E-state index contributed by atoms with van der Waals surface area (Å²) in [6, 6.07) is 6.77. The third-order valence-electron chi connectivity index (χ3n) is 3.30. The molecule has 21 heavy (non-hydrogen) atoms. The van der Waals surface area contributed by atoms with Crippen molar-refractivity contribution in [3.63, 3.8) is 0 Å². The first-order valence-corrected chi connectivity index (χ1v) is 6.59. The van der Waals surface area contributed by atoms with Crippen molar-refractivity contribution in [1.29, 1.82) is 0 Å². The second kappa shape index (κ2) is 5.89. The highest BCUT2D eigenvalue weighted by atomic mass is 19.4. The van der Waals surface area contributed by atoms with E-state index in [-0.39, 0.29) is 0 Å². The summed E-state index contributed by atoms with van der Waals surface area (Å²) in [5.41, 5.74) is 1.76. The van der Waals surface area contributed by atoms with Crippen LogP contribution in [0.3, 0.4) is 0 Å². The molecule has 2 rings (SSSR count). The average molecular weight is 298 g/mol. The molecule has 6 heteroatoms. The summed E-state index contributed by atoms with van der Waals surface area (Å²) in [6.07, 6.45) is -4.26. The maximum atomic E-state index is 12.5. The maximum absolute atomic E-state index is 12.5. The van der Waals surface area contributed by atoms with E-state index in [0.29, 0.717) is 18.4 Å². The van der Waals surface area contributed by atoms with Crippen molar-refractivity contribution in [2.24, 2.45) is 7.05 Å². The molecule has 1 heterocycles. The van der Waals surface area contributed by atoms with Crippen LogP contribution in [0.5, 0.6) is 0 Å². The van der Waals surface area contributed by atoms with Gasteiger partial charge in [0.2, 0.25) is 0 Å². The normalized spacial score (nSPS) is 13.4. The fraction of sp³-hybridized carbons (Fsp3) is 0.400. The number of halogens is 3. The molecule has 0 bridgehead atoms. The molecule has 0 saturated carbocycles. The van der Waals surface area contributed by atoms with Crippen molar-refractivity contribution < 1.29 is 18.3 Å². The summed E-state index contributed by atoms with van der Waals surface area (Å²) in [6.45, 7) is 1.87. The minimum Gasteiger partial charge on any atom is -0.392 e. The van der Waals surface area contributed by atoms with Gasteiger partial charge in [0.05, 0.1) is 17.4 Å². The van der Waals surface area contributed by atoms with Gasteiger partial charge in [0.15, 0.2) is 0 Å². The number of hydrogen-bond acceptors (Lipinski definition) is 2. The zero-order chi connectivity index (χ0) is 15.6. The Bertz CT molecular complexity index is 602. The standard InChI is InChI=1S/C15H17F3N2O/c1-10-7-13(20(2)19-10)9-14(21)8-11-3-5-12(6-4-11)15(16,17)18/h3-7,14,21H,8-9H2,1-2H3. The topological polar surface area (TPSA) is 38.0 Å². The number of nitrogens with zero attached hydrogens (tertiary/aromatic N) is 2. The molecule has 2 aromatic rings. The Morgan fingerprint density at radius 1 is 1.19 bits per heavy atom. The van der Waals surface area contributed by atoms with Crippen LogP contribution in [0, 0.1) is 6.92 Å². The second-order valence-corrected chi connectivity index (χ2v) is 5.16. The summed E-state index contributed by atoms with van der Waals surface area (Å²) < 4.78 is 39.1. The summed E-state index contributed by atoms with van der Waals surface area (Å²) in [5.74, 6) is 0. The van der Waals surface area contributed by atoms with Crippen molar-refractivity contribution in [1.82, 2.24) is 9.78 Å². The van der Waals surface area contributed by atoms with E-state index < -0.39 is 17.8 Å². The Kier molecular flexibility index (Phi) is 4.37. The summed E-state index contributed by atoms with van der Waals surface area (Å²) in [7, 11) is 1.80. The van der Waals surface area contributed by atoms with E-state index in [0.717, 1.165) is 23.5 Å². The largest absolute Gasteiger partial charge is 0.416 e. The van der Waals surface area contributed by atoms with Crippen LogP contribution in [0.2, 0.25) is 0 Å². The molecular formula is C15H17F3N2O. The highest BCUT2D eigenvalue weighted by molar-refractivity contribution is 5.25. The van der Waals surface area contributed by atoms with Gasteiger partial charge in [0.1, 0.15) is 0 Å². The van der Waals surface area contributed by atoms with E-state index in [1.54, 1.807) is 11.7 Å². The molecule has 0 fully saturated rings. The van der Waals surface area contributed by atoms with Crippen molar-refractivity contribution in [2.75, 3.05) is 0 Å². The number of aliphatic hydroxyl groups is 1. The van der Waals surface area contributed by atoms with Crippen LogP contribution in [0.1, 0.15) is 22.5 Å². The SMILES string of the molecule is Cc1cc(CC(O)Cc2ccc(C(F)(F)F)cc2)n(C)n1. The maximum Gasteiger partial charge on any atom is 0.416 e. The van der Waals surface area contributed by atoms with Gasteiger partial charge >= 0.3 is 6.18 Å². The van der Waals surface area contributed by atoms with Gasteiger partial charge in [-0.25, -0.2) is 0 Å². The molecule has 0 saturated heterocycles. The Morgan fingerprint density at radius 3 is 2.29 bits per heavy atom. The Morgan fingerprint density at radius 2 is 1.81 bits per heavy atom. The van der Waals surface area contributed by atoms with Gasteiger partial charge in [-0.15, -0.1) is 0 Å². The molecule has 1 atom stereocenters. The highest BCUT2D eigenvalue weighted by Crippen LogP contribution is 2.29. The Balaban J connectivity index is 1.99. The van der Waals surface area contributed by atoms with Crippen molar-refractivity contribution in [2.45, 2.75) is 32.0 Å². The summed E-state index contributed by atoms with van der Waals surface area (Å²) in [5, 5.41) is 14.2. The molecule has 1 aromatic carbocycles. The lowest BCUT2D eigenvalue weighted by Gasteiger charge is -2.12. The van der Waals surface area contributed by atoms with Crippen LogP contribution in [0.15, 0.2) is 30.3 Å². The van der Waals surface area contributed by atoms with Crippen LogP contribution in [0.25, 0.3) is 0 Å². The quantitative estimate of drug-likeness (QED) is 0.942. The lowest BCUT2D eigenvalue weighted by Crippen LogP contribution is -2.16. The molecule has 0 radical (unpaired) electrons. The van der Waals surface area contributed by atoms with Crippen LogP contribution >= 0.6 is 0 Å². The zero-order valence-corrected chi connectivity index (χ0v) is 11.9. The molecule has 0 amide bonds. The number of rotatable bonds is 4. The number of benzene rings is 1. The van der Waals surface area contributed by atoms with Crippen molar-refractivity contribution in [3.05, 3.63) is 52.8 Å². The fourth-order valence-corrected chi connectivity index (χ4v) is 2.27. The third kappa shape index (κ3) is 4.07. The summed E-state index contributed by atoms with van der Waals surface area (Å²) in [4.78, 5) is 0. The van der Waals surface area contributed by atoms with Gasteiger partial charge in [-0.3, -0.25) is 4.68 Å². The monoisotopic (exact) mass is 298 g/mol. The number of aliphatic hydroxyl groups excluding tert-OH is 1. The van der Waals surface area contributed by atoms with Crippen molar-refractivity contribution >= 4 is 0 Å². The molecule has 0 aliphatic heterocycles. The fourth-order valence-electron chi connectivity index (χ4n) is 2.27. The van der Waals surface area contributed by atoms with Crippen LogP contribution in [-0.2, 0) is 26.1 Å². The van der Waals surface area contributed by atoms with Crippen LogP contribution in [0.4, 0.5) is 13.2 Å². The predicted molar refractivity (Wildman–Crippen MR) is 72.8 cm³/mol. The smallest absolute Gasteiger partial charge is 0.392 e. The molecule has 0 spiro atoms. The first kappa shape index (κ1) is 15.6. The van der Waals surface area contributed by atoms with E-state index in [1.165, 1.54) is 12.1 Å². The van der Waals surface area contributed by atoms with E-state index in [4.69, 9.17) is 0 Å². The molecular weight excluding hydrogens is 281 g/mol. The number of alkyl halides is 3. The third-order valence-corrected chi connectivity index (χ3v) is 3.30. The molecule has 3 nitrogen and oxygen atoms in total. The van der Waals surface area contributed by atoms with Gasteiger partial charge in [-0.1, -0.05) is 12.1 Å². The summed E-state index contributed by atoms with van der Waals surface area (Å²) >= 11 is 0. The van der Waals surface area contributed by atoms with Gasteiger partial charge < -0.3 is 5.11 Å². The van der Waals surface area contributed by atoms with E-state index in [2.05, 4.69) is 5.10 Å². The Labute approximate surface area is 121 Å². The highest BCUT2D eigenvalue weighted by Gasteiger charge is 2.29. The molecule has 1 N–H and O–H groups in total. The zero-order valence-electron chi connectivity index (χ0n) is 11.9. The van der Waals surface area contributed by atoms with Crippen molar-refractivity contribution in [3.8, 4) is 0 Å². The molecule has 0 aliphatic carbocycles. The first-order chi connectivity index (χ1) is 9.75. The minimum absolute atomic E-state index is 0.308. The molecule has 0 aliphatic rings. The first-order valence-electron chi connectivity index (χ1n) is 6.59. The van der Waals surface area contributed by atoms with Crippen LogP contribution in [-0.4, -0.2) is 21.0 Å². The van der Waals surface area contributed by atoms with E-state index in [9.17, 15) is 18.3 Å². The van der Waals surface area contributed by atoms with E-state index >= 15 is 0 Å². The minimum atomic E-state index is -4.33. The lowest BCUT2D eigenvalue weighted by atomic mass is 10.0. The second-order valence-electron chi connectivity index (χ2n) is 5.16. The Hall–Kier alpha value is -1.82. The average Bonchev–Trinajstić information content (AvgIpc) is 2.67. The van der Waals surface area contributed by atoms with Crippen LogP contribution < -0.4 is 0 Å². The number of aromatic nitrogens is 2. The van der Waals surface area contributed by atoms with E-state index in [1.807, 2.05) is 13.0 Å². The predicted octanol–water partition coefficient (Wildman–Crippen LogP) is 2.89. The molecule has 1 unspecified atom stereocenters. The van der Waals surface area contributed by atoms with Gasteiger partial charge in [-0.2, -0.15) is 18.3 Å². The van der Waals surface area contributed by atoms with Gasteiger partial charge in [0.25, 0.3) is 0 Å². The molecule has 1 aromatic heterocycles. The number of hydrogen-bond donors (Lipinski definition) is 1. The number of aryl methyl sites for hydroxylation is 2. The van der Waals surface area contributed by atoms with Gasteiger partial charge in [-0.05, 0) is 37.1 Å². The van der Waals surface area contributed by atoms with Gasteiger partial charge in [0, 0.05) is 19.2 Å². The lowest BCUT2D eigenvalue weighted by molar-refractivity contribution is -0.137. The molecule has 114 valence electrons.